The predicted octanol–water partition coefficient (Wildman–Crippen LogP) is 6.25. The number of H-pyrrole nitrogens is 1. The molecule has 5 nitrogen and oxygen atoms in total. The smallest absolute Gasteiger partial charge is 0.264 e. The van der Waals surface area contributed by atoms with Gasteiger partial charge in [0.05, 0.1) is 4.88 Å². The molecule has 0 saturated heterocycles. The van der Waals surface area contributed by atoms with Gasteiger partial charge in [0.1, 0.15) is 6.54 Å². The van der Waals surface area contributed by atoms with Crippen molar-refractivity contribution in [2.24, 2.45) is 5.92 Å². The molecule has 0 aliphatic heterocycles. The van der Waals surface area contributed by atoms with Crippen LogP contribution in [0.2, 0.25) is 5.02 Å². The first-order valence-corrected chi connectivity index (χ1v) is 13.1. The lowest BCUT2D eigenvalue weighted by Gasteiger charge is -2.28. The number of hydrogen-bond acceptors (Lipinski definition) is 3. The van der Waals surface area contributed by atoms with E-state index < -0.39 is 0 Å². The number of nitrogens with one attached hydrogen (secondary N) is 1. The van der Waals surface area contributed by atoms with Gasteiger partial charge in [-0.3, -0.25) is 9.59 Å². The first-order chi connectivity index (χ1) is 16.9. The van der Waals surface area contributed by atoms with E-state index in [1.807, 2.05) is 65.0 Å². The molecule has 182 valence electrons. The lowest BCUT2D eigenvalue weighted by molar-refractivity contribution is -0.132. The SMILES string of the molecule is CC(C)CN(CC(=O)N(CCc1c[nH]c2ccccc12)Cc1ccc(Cl)cc1)C(=O)c1cccs1. The molecule has 0 aliphatic carbocycles. The monoisotopic (exact) mass is 507 g/mol. The lowest BCUT2D eigenvalue weighted by atomic mass is 10.1. The molecule has 0 fully saturated rings. The zero-order chi connectivity index (χ0) is 24.8. The summed E-state index contributed by atoms with van der Waals surface area (Å²) in [6.07, 6.45) is 2.73. The second-order valence-corrected chi connectivity index (χ2v) is 10.5. The molecule has 1 N–H and O–H groups in total. The maximum Gasteiger partial charge on any atom is 0.264 e. The predicted molar refractivity (Wildman–Crippen MR) is 144 cm³/mol. The van der Waals surface area contributed by atoms with Gasteiger partial charge in [0.25, 0.3) is 5.91 Å². The Kier molecular flexibility index (Phi) is 8.26. The quantitative estimate of drug-likeness (QED) is 0.276. The van der Waals surface area contributed by atoms with Crippen molar-refractivity contribution in [1.82, 2.24) is 14.8 Å². The van der Waals surface area contributed by atoms with E-state index in [0.717, 1.165) is 11.1 Å². The normalized spacial score (nSPS) is 11.2. The number of amides is 2. The minimum absolute atomic E-state index is 0.0520. The van der Waals surface area contributed by atoms with Gasteiger partial charge in [-0.15, -0.1) is 11.3 Å². The van der Waals surface area contributed by atoms with Crippen molar-refractivity contribution in [1.29, 1.82) is 0 Å². The molecule has 4 rings (SSSR count). The van der Waals surface area contributed by atoms with Crippen LogP contribution in [-0.4, -0.2) is 46.2 Å². The Morgan fingerprint density at radius 2 is 1.77 bits per heavy atom. The summed E-state index contributed by atoms with van der Waals surface area (Å²) in [6.45, 7) is 5.70. The highest BCUT2D eigenvalue weighted by Crippen LogP contribution is 2.20. The number of benzene rings is 2. The van der Waals surface area contributed by atoms with Crippen LogP contribution >= 0.6 is 22.9 Å². The van der Waals surface area contributed by atoms with Gasteiger partial charge in [-0.1, -0.05) is 61.8 Å². The Labute approximate surface area is 215 Å². The molecule has 0 unspecified atom stereocenters. The zero-order valence-corrected chi connectivity index (χ0v) is 21.6. The molecule has 0 spiro atoms. The molecule has 2 aromatic carbocycles. The van der Waals surface area contributed by atoms with Crippen LogP contribution in [0.5, 0.6) is 0 Å². The second-order valence-electron chi connectivity index (χ2n) is 9.11. The largest absolute Gasteiger partial charge is 0.361 e. The summed E-state index contributed by atoms with van der Waals surface area (Å²) < 4.78 is 0. The molecule has 7 heteroatoms. The third kappa shape index (κ3) is 6.53. The number of fused-ring (bicyclic) bond motifs is 1. The van der Waals surface area contributed by atoms with E-state index in [1.54, 1.807) is 4.90 Å². The molecular formula is C28H30ClN3O2S. The Bertz CT molecular complexity index is 1270. The third-order valence-corrected chi connectivity index (χ3v) is 7.01. The minimum atomic E-state index is -0.0925. The topological polar surface area (TPSA) is 56.4 Å². The van der Waals surface area contributed by atoms with Crippen LogP contribution in [0.1, 0.15) is 34.6 Å². The van der Waals surface area contributed by atoms with Crippen molar-refractivity contribution in [3.63, 3.8) is 0 Å². The molecule has 4 aromatic rings. The van der Waals surface area contributed by atoms with Crippen LogP contribution in [0.3, 0.4) is 0 Å². The van der Waals surface area contributed by atoms with Crippen molar-refractivity contribution in [2.75, 3.05) is 19.6 Å². The fraction of sp³-hybridized carbons (Fsp3) is 0.286. The van der Waals surface area contributed by atoms with Gasteiger partial charge < -0.3 is 14.8 Å². The molecule has 0 atom stereocenters. The van der Waals surface area contributed by atoms with Crippen LogP contribution in [0.4, 0.5) is 0 Å². The number of carbonyl (C=O) groups excluding carboxylic acids is 2. The van der Waals surface area contributed by atoms with Crippen LogP contribution in [0.25, 0.3) is 10.9 Å². The van der Waals surface area contributed by atoms with Crippen molar-refractivity contribution in [3.8, 4) is 0 Å². The molecule has 0 aliphatic rings. The summed E-state index contributed by atoms with van der Waals surface area (Å²) in [7, 11) is 0. The number of thiophene rings is 1. The number of rotatable bonds is 10. The van der Waals surface area contributed by atoms with Crippen molar-refractivity contribution >= 4 is 45.7 Å². The highest BCUT2D eigenvalue weighted by Gasteiger charge is 2.24. The van der Waals surface area contributed by atoms with Crippen LogP contribution in [0.15, 0.2) is 72.2 Å². The number of hydrogen-bond donors (Lipinski definition) is 1. The molecular weight excluding hydrogens is 478 g/mol. The maximum atomic E-state index is 13.6. The number of aromatic amines is 1. The van der Waals surface area contributed by atoms with E-state index in [4.69, 9.17) is 11.6 Å². The Balaban J connectivity index is 1.53. The molecule has 0 saturated carbocycles. The summed E-state index contributed by atoms with van der Waals surface area (Å²) >= 11 is 7.47. The molecule has 2 amide bonds. The number of carbonyl (C=O) groups is 2. The summed E-state index contributed by atoms with van der Waals surface area (Å²) in [5.41, 5.74) is 3.26. The summed E-state index contributed by atoms with van der Waals surface area (Å²) in [6, 6.07) is 19.4. The average molecular weight is 508 g/mol. The van der Waals surface area contributed by atoms with Crippen LogP contribution in [-0.2, 0) is 17.8 Å². The third-order valence-electron chi connectivity index (χ3n) is 5.90. The Morgan fingerprint density at radius 3 is 2.49 bits per heavy atom. The van der Waals surface area contributed by atoms with Crippen LogP contribution in [0, 0.1) is 5.92 Å². The fourth-order valence-corrected chi connectivity index (χ4v) is 4.99. The number of nitrogens with zero attached hydrogens (tertiary/aromatic N) is 2. The highest BCUT2D eigenvalue weighted by molar-refractivity contribution is 7.12. The summed E-state index contributed by atoms with van der Waals surface area (Å²) in [4.78, 5) is 34.2. The fourth-order valence-electron chi connectivity index (χ4n) is 4.18. The first-order valence-electron chi connectivity index (χ1n) is 11.8. The van der Waals surface area contributed by atoms with Crippen LogP contribution < -0.4 is 0 Å². The van der Waals surface area contributed by atoms with E-state index in [-0.39, 0.29) is 24.3 Å². The standard InChI is InChI=1S/C28H30ClN3O2S/c1-20(2)17-32(28(34)26-8-5-15-35-26)19-27(33)31(18-21-9-11-23(29)12-10-21)14-13-22-16-30-25-7-4-3-6-24(22)25/h3-12,15-16,20,30H,13-14,17-19H2,1-2H3. The Morgan fingerprint density at radius 1 is 1.00 bits per heavy atom. The molecule has 2 heterocycles. The molecule has 0 radical (unpaired) electrons. The second kappa shape index (κ2) is 11.6. The number of para-hydroxylation sites is 1. The average Bonchev–Trinajstić information content (AvgIpc) is 3.52. The zero-order valence-electron chi connectivity index (χ0n) is 20.0. The molecule has 2 aromatic heterocycles. The maximum absolute atomic E-state index is 13.6. The number of aromatic nitrogens is 1. The van der Waals surface area contributed by atoms with Gasteiger partial charge in [-0.05, 0) is 53.1 Å². The molecule has 0 bridgehead atoms. The molecule has 35 heavy (non-hydrogen) atoms. The lowest BCUT2D eigenvalue weighted by Crippen LogP contribution is -2.44. The Hall–Kier alpha value is -3.09. The number of halogens is 1. The summed E-state index contributed by atoms with van der Waals surface area (Å²) in [5.74, 6) is 0.0955. The summed E-state index contributed by atoms with van der Waals surface area (Å²) in [5, 5.41) is 3.71. The van der Waals surface area contributed by atoms with E-state index >= 15 is 0 Å². The van der Waals surface area contributed by atoms with Gasteiger partial charge in [0.15, 0.2) is 0 Å². The van der Waals surface area contributed by atoms with Gasteiger partial charge in [-0.2, -0.15) is 0 Å². The van der Waals surface area contributed by atoms with Gasteiger partial charge >= 0.3 is 0 Å². The van der Waals surface area contributed by atoms with Gasteiger partial charge in [0.2, 0.25) is 5.91 Å². The van der Waals surface area contributed by atoms with Crippen molar-refractivity contribution in [2.45, 2.75) is 26.8 Å². The van der Waals surface area contributed by atoms with E-state index in [9.17, 15) is 9.59 Å². The minimum Gasteiger partial charge on any atom is -0.361 e. The van der Waals surface area contributed by atoms with Crippen molar-refractivity contribution in [3.05, 3.63) is 93.3 Å². The van der Waals surface area contributed by atoms with E-state index in [1.165, 1.54) is 22.3 Å². The van der Waals surface area contributed by atoms with Gasteiger partial charge in [-0.25, -0.2) is 0 Å². The highest BCUT2D eigenvalue weighted by atomic mass is 35.5. The van der Waals surface area contributed by atoms with Crippen molar-refractivity contribution < 1.29 is 9.59 Å². The first kappa shape index (κ1) is 25.0. The van der Waals surface area contributed by atoms with E-state index in [0.29, 0.717) is 36.0 Å². The van der Waals surface area contributed by atoms with Gasteiger partial charge in [0, 0.05) is 41.8 Å². The van der Waals surface area contributed by atoms with E-state index in [2.05, 4.69) is 31.0 Å².